The van der Waals surface area contributed by atoms with Crippen LogP contribution in [0.1, 0.15) is 0 Å². The third kappa shape index (κ3) is 4.27. The molecule has 0 aliphatic rings. The maximum absolute atomic E-state index is 12.0. The molecule has 2 N–H and O–H groups in total. The molecule has 2 aromatic rings. The van der Waals surface area contributed by atoms with Crippen LogP contribution in [0.5, 0.6) is 5.75 Å². The highest BCUT2D eigenvalue weighted by molar-refractivity contribution is 6.44. The van der Waals surface area contributed by atoms with Gasteiger partial charge in [0.05, 0.1) is 40.0 Å². The van der Waals surface area contributed by atoms with Crippen LogP contribution in [-0.4, -0.2) is 24.5 Å². The van der Waals surface area contributed by atoms with Crippen LogP contribution >= 0.6 is 23.2 Å². The van der Waals surface area contributed by atoms with E-state index in [2.05, 4.69) is 10.6 Å². The minimum Gasteiger partial charge on any atom is -0.495 e. The first-order chi connectivity index (χ1) is 11.4. The first-order valence-corrected chi connectivity index (χ1v) is 7.48. The zero-order valence-electron chi connectivity index (χ0n) is 12.5. The number of nitrogens with zero attached hydrogens (tertiary/aromatic N) is 1. The van der Waals surface area contributed by atoms with Crippen LogP contribution in [0.25, 0.3) is 0 Å². The van der Waals surface area contributed by atoms with Gasteiger partial charge in [0.2, 0.25) is 5.91 Å². The lowest BCUT2D eigenvalue weighted by Crippen LogP contribution is -2.22. The summed E-state index contributed by atoms with van der Waals surface area (Å²) < 4.78 is 5.11. The standard InChI is InChI=1S/C15H13Cl2N3O4/c1-24-13-6-5-9(20(22)23)7-12(13)18-8-14(21)19-11-4-2-3-10(16)15(11)17/h2-7,18H,8H2,1H3,(H,19,21). The van der Waals surface area contributed by atoms with Gasteiger partial charge in [-0.05, 0) is 18.2 Å². The SMILES string of the molecule is COc1ccc([N+](=O)[O-])cc1NCC(=O)Nc1cccc(Cl)c1Cl. The van der Waals surface area contributed by atoms with E-state index in [1.165, 1.54) is 25.3 Å². The summed E-state index contributed by atoms with van der Waals surface area (Å²) in [4.78, 5) is 22.3. The number of hydrogen-bond acceptors (Lipinski definition) is 5. The molecule has 0 saturated carbocycles. The van der Waals surface area contributed by atoms with Crippen LogP contribution < -0.4 is 15.4 Å². The fourth-order valence-corrected chi connectivity index (χ4v) is 2.27. The zero-order valence-corrected chi connectivity index (χ0v) is 14.0. The van der Waals surface area contributed by atoms with E-state index in [0.717, 1.165) is 0 Å². The van der Waals surface area contributed by atoms with E-state index in [1.54, 1.807) is 18.2 Å². The summed E-state index contributed by atoms with van der Waals surface area (Å²) in [5, 5.41) is 16.8. The molecule has 0 spiro atoms. The van der Waals surface area contributed by atoms with E-state index in [4.69, 9.17) is 27.9 Å². The molecule has 24 heavy (non-hydrogen) atoms. The highest BCUT2D eigenvalue weighted by Gasteiger charge is 2.13. The van der Waals surface area contributed by atoms with Gasteiger partial charge in [-0.3, -0.25) is 14.9 Å². The third-order valence-corrected chi connectivity index (χ3v) is 3.88. The number of non-ortho nitro benzene ring substituents is 1. The number of rotatable bonds is 6. The fraction of sp³-hybridized carbons (Fsp3) is 0.133. The molecule has 0 radical (unpaired) electrons. The number of nitro groups is 1. The average molecular weight is 370 g/mol. The van der Waals surface area contributed by atoms with E-state index in [9.17, 15) is 14.9 Å². The van der Waals surface area contributed by atoms with Gasteiger partial charge >= 0.3 is 0 Å². The molecule has 0 bridgehead atoms. The number of nitrogens with one attached hydrogen (secondary N) is 2. The molecule has 0 aliphatic carbocycles. The Bertz CT molecular complexity index is 783. The number of halogens is 2. The highest BCUT2D eigenvalue weighted by Crippen LogP contribution is 2.30. The molecular weight excluding hydrogens is 357 g/mol. The molecule has 1 amide bonds. The van der Waals surface area contributed by atoms with Gasteiger partial charge in [-0.2, -0.15) is 0 Å². The lowest BCUT2D eigenvalue weighted by Gasteiger charge is -2.12. The molecule has 2 aromatic carbocycles. The van der Waals surface area contributed by atoms with Crippen molar-refractivity contribution in [3.8, 4) is 5.75 Å². The zero-order chi connectivity index (χ0) is 17.7. The first kappa shape index (κ1) is 17.8. The number of hydrogen-bond donors (Lipinski definition) is 2. The topological polar surface area (TPSA) is 93.5 Å². The van der Waals surface area contributed by atoms with Crippen LogP contribution in [0.2, 0.25) is 10.0 Å². The molecule has 0 atom stereocenters. The van der Waals surface area contributed by atoms with Crippen molar-refractivity contribution in [2.75, 3.05) is 24.3 Å². The summed E-state index contributed by atoms with van der Waals surface area (Å²) in [7, 11) is 1.43. The largest absolute Gasteiger partial charge is 0.495 e. The number of anilines is 2. The summed E-state index contributed by atoms with van der Waals surface area (Å²) in [5.41, 5.74) is 0.595. The van der Waals surface area contributed by atoms with Crippen molar-refractivity contribution in [2.24, 2.45) is 0 Å². The molecule has 0 heterocycles. The molecule has 9 heteroatoms. The molecule has 0 aliphatic heterocycles. The van der Waals surface area contributed by atoms with E-state index in [1.807, 2.05) is 0 Å². The Balaban J connectivity index is 2.07. The number of benzene rings is 2. The molecule has 0 unspecified atom stereocenters. The number of amides is 1. The van der Waals surface area contributed by atoms with Gasteiger partial charge in [-0.25, -0.2) is 0 Å². The Morgan fingerprint density at radius 2 is 2.00 bits per heavy atom. The average Bonchev–Trinajstić information content (AvgIpc) is 2.56. The Hall–Kier alpha value is -2.51. The van der Waals surface area contributed by atoms with Gasteiger partial charge in [0.25, 0.3) is 5.69 Å². The first-order valence-electron chi connectivity index (χ1n) is 6.72. The molecule has 0 saturated heterocycles. The second-order valence-corrected chi connectivity index (χ2v) is 5.43. The molecule has 0 fully saturated rings. The van der Waals surface area contributed by atoms with Crippen LogP contribution in [0.15, 0.2) is 36.4 Å². The maximum Gasteiger partial charge on any atom is 0.271 e. The van der Waals surface area contributed by atoms with Crippen molar-refractivity contribution in [3.05, 3.63) is 56.6 Å². The van der Waals surface area contributed by atoms with Gasteiger partial charge in [0, 0.05) is 12.1 Å². The third-order valence-electron chi connectivity index (χ3n) is 3.06. The van der Waals surface area contributed by atoms with Gasteiger partial charge < -0.3 is 15.4 Å². The second-order valence-electron chi connectivity index (χ2n) is 4.64. The monoisotopic (exact) mass is 369 g/mol. The number of nitro benzene ring substituents is 1. The smallest absolute Gasteiger partial charge is 0.271 e. The van der Waals surface area contributed by atoms with E-state index < -0.39 is 10.8 Å². The lowest BCUT2D eigenvalue weighted by atomic mass is 10.2. The van der Waals surface area contributed by atoms with Crippen molar-refractivity contribution in [1.29, 1.82) is 0 Å². The van der Waals surface area contributed by atoms with Crippen LogP contribution in [-0.2, 0) is 4.79 Å². The summed E-state index contributed by atoms with van der Waals surface area (Å²) in [5.74, 6) is -0.0121. The fourth-order valence-electron chi connectivity index (χ4n) is 1.92. The summed E-state index contributed by atoms with van der Waals surface area (Å²) in [6, 6.07) is 8.92. The summed E-state index contributed by atoms with van der Waals surface area (Å²) >= 11 is 11.9. The van der Waals surface area contributed by atoms with Crippen LogP contribution in [0, 0.1) is 10.1 Å². The van der Waals surface area contributed by atoms with E-state index in [-0.39, 0.29) is 17.3 Å². The van der Waals surface area contributed by atoms with Crippen molar-refractivity contribution < 1.29 is 14.5 Å². The Morgan fingerprint density at radius 1 is 1.25 bits per heavy atom. The van der Waals surface area contributed by atoms with Crippen molar-refractivity contribution in [2.45, 2.75) is 0 Å². The lowest BCUT2D eigenvalue weighted by molar-refractivity contribution is -0.384. The van der Waals surface area contributed by atoms with E-state index >= 15 is 0 Å². The van der Waals surface area contributed by atoms with Gasteiger partial charge in [0.1, 0.15) is 5.75 Å². The van der Waals surface area contributed by atoms with Crippen molar-refractivity contribution >= 4 is 46.2 Å². The molecule has 126 valence electrons. The van der Waals surface area contributed by atoms with Crippen molar-refractivity contribution in [1.82, 2.24) is 0 Å². The van der Waals surface area contributed by atoms with Gasteiger partial charge in [0.15, 0.2) is 0 Å². The van der Waals surface area contributed by atoms with Crippen molar-refractivity contribution in [3.63, 3.8) is 0 Å². The Labute approximate surface area is 147 Å². The summed E-state index contributed by atoms with van der Waals surface area (Å²) in [6.45, 7) is -0.139. The molecule has 0 aromatic heterocycles. The molecule has 7 nitrogen and oxygen atoms in total. The number of methoxy groups -OCH3 is 1. The van der Waals surface area contributed by atoms with Gasteiger partial charge in [-0.1, -0.05) is 29.3 Å². The predicted octanol–water partition coefficient (Wildman–Crippen LogP) is 3.96. The van der Waals surface area contributed by atoms with Gasteiger partial charge in [-0.15, -0.1) is 0 Å². The molecule has 2 rings (SSSR count). The Morgan fingerprint density at radius 3 is 2.67 bits per heavy atom. The maximum atomic E-state index is 12.0. The van der Waals surface area contributed by atoms with E-state index in [0.29, 0.717) is 22.1 Å². The number of carbonyl (C=O) groups is 1. The highest BCUT2D eigenvalue weighted by atomic mass is 35.5. The minimum atomic E-state index is -0.531. The molecular formula is C15H13Cl2N3O4. The van der Waals surface area contributed by atoms with Crippen LogP contribution in [0.3, 0.4) is 0 Å². The normalized spacial score (nSPS) is 10.1. The minimum absolute atomic E-state index is 0.114. The number of ether oxygens (including phenoxy) is 1. The second kappa shape index (κ2) is 7.85. The number of carbonyl (C=O) groups excluding carboxylic acids is 1. The predicted molar refractivity (Wildman–Crippen MR) is 93.2 cm³/mol. The Kier molecular flexibility index (Phi) is 5.83. The summed E-state index contributed by atoms with van der Waals surface area (Å²) in [6.07, 6.45) is 0. The van der Waals surface area contributed by atoms with Crippen LogP contribution in [0.4, 0.5) is 17.1 Å². The quantitative estimate of drug-likeness (QED) is 0.593.